The van der Waals surface area contributed by atoms with Crippen LogP contribution >= 0.6 is 11.6 Å². The van der Waals surface area contributed by atoms with Gasteiger partial charge in [0.25, 0.3) is 11.8 Å². The van der Waals surface area contributed by atoms with Gasteiger partial charge in [-0.25, -0.2) is 5.43 Å². The molecule has 27 heavy (non-hydrogen) atoms. The van der Waals surface area contributed by atoms with Gasteiger partial charge in [-0.15, -0.1) is 0 Å². The van der Waals surface area contributed by atoms with E-state index in [1.165, 1.54) is 6.21 Å². The van der Waals surface area contributed by atoms with Gasteiger partial charge < -0.3 is 5.32 Å². The number of nitrogens with one attached hydrogen (secondary N) is 2. The lowest BCUT2D eigenvalue weighted by molar-refractivity contribution is 0.0953. The fraction of sp³-hybridized carbons (Fsp3) is 0. The van der Waals surface area contributed by atoms with E-state index in [9.17, 15) is 9.59 Å². The van der Waals surface area contributed by atoms with Crippen molar-refractivity contribution in [2.24, 2.45) is 5.10 Å². The second kappa shape index (κ2) is 8.73. The van der Waals surface area contributed by atoms with Gasteiger partial charge in [-0.1, -0.05) is 23.7 Å². The van der Waals surface area contributed by atoms with Crippen LogP contribution in [0, 0.1) is 0 Å². The highest BCUT2D eigenvalue weighted by atomic mass is 35.5. The first-order valence-electron chi connectivity index (χ1n) is 8.02. The molecule has 0 fully saturated rings. The minimum Gasteiger partial charge on any atom is -0.322 e. The first-order chi connectivity index (χ1) is 13.1. The molecule has 2 N–H and O–H groups in total. The first-order valence-corrected chi connectivity index (χ1v) is 8.40. The Morgan fingerprint density at radius 2 is 1.78 bits per heavy atom. The van der Waals surface area contributed by atoms with Gasteiger partial charge in [-0.3, -0.25) is 14.6 Å². The van der Waals surface area contributed by atoms with Crippen molar-refractivity contribution in [2.45, 2.75) is 0 Å². The molecule has 3 rings (SSSR count). The van der Waals surface area contributed by atoms with Gasteiger partial charge in [-0.05, 0) is 48.5 Å². The number of amides is 2. The van der Waals surface area contributed by atoms with Crippen molar-refractivity contribution in [3.8, 4) is 0 Å². The third-order valence-corrected chi connectivity index (χ3v) is 3.81. The SMILES string of the molecule is O=C(N/N=C\c1cccnc1)c1cccc(NC(=O)c2ccc(Cl)cc2)c1. The number of hydrazone groups is 1. The predicted octanol–water partition coefficient (Wildman–Crippen LogP) is 3.75. The molecular weight excluding hydrogens is 364 g/mol. The highest BCUT2D eigenvalue weighted by Crippen LogP contribution is 2.14. The van der Waals surface area contributed by atoms with Crippen LogP contribution in [0.25, 0.3) is 0 Å². The second-order valence-corrected chi connectivity index (χ2v) is 5.96. The minimum absolute atomic E-state index is 0.293. The van der Waals surface area contributed by atoms with Crippen LogP contribution in [0.2, 0.25) is 5.02 Å². The van der Waals surface area contributed by atoms with Gasteiger partial charge in [-0.2, -0.15) is 5.10 Å². The van der Waals surface area contributed by atoms with E-state index in [1.54, 1.807) is 67.0 Å². The number of rotatable bonds is 5. The van der Waals surface area contributed by atoms with Crippen LogP contribution in [0.5, 0.6) is 0 Å². The highest BCUT2D eigenvalue weighted by Gasteiger charge is 2.09. The summed E-state index contributed by atoms with van der Waals surface area (Å²) in [7, 11) is 0. The number of aromatic nitrogens is 1. The summed E-state index contributed by atoms with van der Waals surface area (Å²) in [5.74, 6) is -0.684. The first kappa shape index (κ1) is 18.3. The van der Waals surface area contributed by atoms with E-state index < -0.39 is 5.91 Å². The summed E-state index contributed by atoms with van der Waals surface area (Å²) in [6.07, 6.45) is 4.78. The Balaban J connectivity index is 1.64. The molecule has 2 amide bonds. The molecule has 2 aromatic carbocycles. The van der Waals surface area contributed by atoms with Gasteiger partial charge in [0, 0.05) is 39.8 Å². The molecule has 0 bridgehead atoms. The van der Waals surface area contributed by atoms with Crippen molar-refractivity contribution in [3.63, 3.8) is 0 Å². The van der Waals surface area contributed by atoms with Gasteiger partial charge in [0.05, 0.1) is 6.21 Å². The van der Waals surface area contributed by atoms with Crippen molar-refractivity contribution in [1.82, 2.24) is 10.4 Å². The molecule has 0 spiro atoms. The van der Waals surface area contributed by atoms with E-state index in [4.69, 9.17) is 11.6 Å². The fourth-order valence-electron chi connectivity index (χ4n) is 2.23. The summed E-state index contributed by atoms with van der Waals surface area (Å²) >= 11 is 5.82. The van der Waals surface area contributed by atoms with Crippen LogP contribution in [-0.4, -0.2) is 23.0 Å². The normalized spacial score (nSPS) is 10.6. The lowest BCUT2D eigenvalue weighted by Crippen LogP contribution is -2.18. The van der Waals surface area contributed by atoms with E-state index in [-0.39, 0.29) is 5.91 Å². The molecule has 0 atom stereocenters. The standard InChI is InChI=1S/C20H15ClN4O2/c21-17-8-6-15(7-9-17)19(26)24-18-5-1-4-16(11-18)20(27)25-23-13-14-3-2-10-22-12-14/h1-13H,(H,24,26)(H,25,27)/b23-13-. The smallest absolute Gasteiger partial charge is 0.271 e. The molecule has 0 saturated heterocycles. The largest absolute Gasteiger partial charge is 0.322 e. The molecule has 0 radical (unpaired) electrons. The maximum Gasteiger partial charge on any atom is 0.271 e. The molecule has 3 aromatic rings. The summed E-state index contributed by atoms with van der Waals surface area (Å²) in [6.45, 7) is 0. The van der Waals surface area contributed by atoms with Gasteiger partial charge in [0.15, 0.2) is 0 Å². The van der Waals surface area contributed by atoms with Crippen molar-refractivity contribution in [3.05, 3.63) is 94.8 Å². The van der Waals surface area contributed by atoms with Crippen molar-refractivity contribution in [2.75, 3.05) is 5.32 Å². The highest BCUT2D eigenvalue weighted by molar-refractivity contribution is 6.30. The van der Waals surface area contributed by atoms with Crippen LogP contribution in [0.4, 0.5) is 5.69 Å². The topological polar surface area (TPSA) is 83.4 Å². The average molecular weight is 379 g/mol. The summed E-state index contributed by atoms with van der Waals surface area (Å²) in [6, 6.07) is 16.7. The Hall–Kier alpha value is -3.51. The third-order valence-electron chi connectivity index (χ3n) is 3.55. The molecule has 0 aliphatic carbocycles. The summed E-state index contributed by atoms with van der Waals surface area (Å²) in [4.78, 5) is 28.4. The van der Waals surface area contributed by atoms with Crippen LogP contribution in [0.3, 0.4) is 0 Å². The Morgan fingerprint density at radius 1 is 0.963 bits per heavy atom. The monoisotopic (exact) mass is 378 g/mol. The van der Waals surface area contributed by atoms with E-state index in [2.05, 4.69) is 20.8 Å². The number of carbonyl (C=O) groups excluding carboxylic acids is 2. The van der Waals surface area contributed by atoms with Crippen molar-refractivity contribution >= 4 is 35.3 Å². The number of halogens is 1. The molecule has 0 saturated carbocycles. The van der Waals surface area contributed by atoms with Crippen molar-refractivity contribution in [1.29, 1.82) is 0 Å². The maximum absolute atomic E-state index is 12.3. The Labute approximate surface area is 160 Å². The average Bonchev–Trinajstić information content (AvgIpc) is 2.69. The number of carbonyl (C=O) groups is 2. The van der Waals surface area contributed by atoms with E-state index in [0.717, 1.165) is 5.56 Å². The number of hydrogen-bond donors (Lipinski definition) is 2. The molecule has 134 valence electrons. The van der Waals surface area contributed by atoms with Crippen LogP contribution in [-0.2, 0) is 0 Å². The summed E-state index contributed by atoms with van der Waals surface area (Å²) < 4.78 is 0. The molecule has 1 aromatic heterocycles. The van der Waals surface area contributed by atoms with Gasteiger partial charge >= 0.3 is 0 Å². The number of nitrogens with zero attached hydrogens (tertiary/aromatic N) is 2. The number of benzene rings is 2. The zero-order valence-electron chi connectivity index (χ0n) is 14.1. The van der Waals surface area contributed by atoms with Gasteiger partial charge in [0.1, 0.15) is 0 Å². The third kappa shape index (κ3) is 5.23. The molecule has 0 aliphatic heterocycles. The second-order valence-electron chi connectivity index (χ2n) is 5.53. The molecule has 6 nitrogen and oxygen atoms in total. The Kier molecular flexibility index (Phi) is 5.91. The van der Waals surface area contributed by atoms with Crippen LogP contribution < -0.4 is 10.7 Å². The number of pyridine rings is 1. The quantitative estimate of drug-likeness (QED) is 0.524. The molecule has 0 unspecified atom stereocenters. The van der Waals surface area contributed by atoms with Gasteiger partial charge in [0.2, 0.25) is 0 Å². The van der Waals surface area contributed by atoms with E-state index >= 15 is 0 Å². The molecule has 0 aliphatic rings. The summed E-state index contributed by atoms with van der Waals surface area (Å²) in [5.41, 5.74) is 4.54. The fourth-order valence-corrected chi connectivity index (χ4v) is 2.35. The van der Waals surface area contributed by atoms with Crippen LogP contribution in [0.15, 0.2) is 78.2 Å². The molecule has 1 heterocycles. The van der Waals surface area contributed by atoms with E-state index in [0.29, 0.717) is 21.8 Å². The predicted molar refractivity (Wildman–Crippen MR) is 105 cm³/mol. The summed E-state index contributed by atoms with van der Waals surface area (Å²) in [5, 5.41) is 7.20. The Bertz CT molecular complexity index is 973. The number of hydrogen-bond acceptors (Lipinski definition) is 4. The van der Waals surface area contributed by atoms with Crippen LogP contribution in [0.1, 0.15) is 26.3 Å². The molecular formula is C20H15ClN4O2. The zero-order chi connectivity index (χ0) is 19.1. The zero-order valence-corrected chi connectivity index (χ0v) is 14.9. The van der Waals surface area contributed by atoms with E-state index in [1.807, 2.05) is 6.07 Å². The Morgan fingerprint density at radius 3 is 2.52 bits per heavy atom. The maximum atomic E-state index is 12.3. The number of anilines is 1. The van der Waals surface area contributed by atoms with Crippen molar-refractivity contribution < 1.29 is 9.59 Å². The molecule has 7 heteroatoms. The minimum atomic E-state index is -0.391. The lowest BCUT2D eigenvalue weighted by Gasteiger charge is -2.07. The lowest BCUT2D eigenvalue weighted by atomic mass is 10.1.